The number of Topliss-reactive ketones (excluding diaryl/α,β-unsaturated/α-hetero) is 1. The summed E-state index contributed by atoms with van der Waals surface area (Å²) in [5.74, 6) is 0.276. The third-order valence-corrected chi connectivity index (χ3v) is 3.65. The molecule has 0 aromatic heterocycles. The molecule has 0 unspecified atom stereocenters. The van der Waals surface area contributed by atoms with E-state index in [9.17, 15) is 9.59 Å². The summed E-state index contributed by atoms with van der Waals surface area (Å²) in [4.78, 5) is 25.2. The zero-order valence-electron chi connectivity index (χ0n) is 12.0. The number of amides is 1. The molecule has 0 saturated carbocycles. The van der Waals surface area contributed by atoms with Crippen molar-refractivity contribution in [2.45, 2.75) is 32.6 Å². The Morgan fingerprint density at radius 1 is 1.20 bits per heavy atom. The largest absolute Gasteiger partial charge is 0.385 e. The average molecular weight is 274 g/mol. The third kappa shape index (κ3) is 4.08. The molecule has 2 rings (SSSR count). The smallest absolute Gasteiger partial charge is 0.224 e. The number of hydrogen-bond donors (Lipinski definition) is 1. The number of hydrogen-bond acceptors (Lipinski definition) is 3. The first-order valence-corrected chi connectivity index (χ1v) is 7.29. The van der Waals surface area contributed by atoms with Crippen LogP contribution in [0.5, 0.6) is 0 Å². The summed E-state index contributed by atoms with van der Waals surface area (Å²) in [5, 5.41) is 3.21. The van der Waals surface area contributed by atoms with Gasteiger partial charge < -0.3 is 10.2 Å². The number of benzene rings is 1. The van der Waals surface area contributed by atoms with Crippen molar-refractivity contribution in [1.82, 2.24) is 4.90 Å². The summed E-state index contributed by atoms with van der Waals surface area (Å²) >= 11 is 0. The SMILES string of the molecule is CC(=O)c1cccc(NCCC(=O)N2CCCCC2)c1. The summed E-state index contributed by atoms with van der Waals surface area (Å²) in [6.45, 7) is 3.97. The van der Waals surface area contributed by atoms with Crippen LogP contribution < -0.4 is 5.32 Å². The van der Waals surface area contributed by atoms with Gasteiger partial charge in [0.2, 0.25) is 5.91 Å². The molecule has 0 atom stereocenters. The van der Waals surface area contributed by atoms with Gasteiger partial charge in [0, 0.05) is 37.3 Å². The van der Waals surface area contributed by atoms with Crippen LogP contribution in [0.3, 0.4) is 0 Å². The lowest BCUT2D eigenvalue weighted by Gasteiger charge is -2.26. The molecule has 108 valence electrons. The van der Waals surface area contributed by atoms with Crippen molar-refractivity contribution in [1.29, 1.82) is 0 Å². The van der Waals surface area contributed by atoms with Gasteiger partial charge in [0.25, 0.3) is 0 Å². The van der Waals surface area contributed by atoms with Gasteiger partial charge >= 0.3 is 0 Å². The molecule has 1 heterocycles. The van der Waals surface area contributed by atoms with Gasteiger partial charge in [-0.1, -0.05) is 12.1 Å². The van der Waals surface area contributed by atoms with Crippen LogP contribution in [0.15, 0.2) is 24.3 Å². The fourth-order valence-corrected chi connectivity index (χ4v) is 2.46. The van der Waals surface area contributed by atoms with E-state index in [1.54, 1.807) is 13.0 Å². The molecule has 1 saturated heterocycles. The number of anilines is 1. The number of rotatable bonds is 5. The second-order valence-electron chi connectivity index (χ2n) is 5.26. The molecule has 0 bridgehead atoms. The first-order chi connectivity index (χ1) is 9.66. The van der Waals surface area contributed by atoms with Crippen molar-refractivity contribution in [3.63, 3.8) is 0 Å². The standard InChI is InChI=1S/C16H22N2O2/c1-13(19)14-6-5-7-15(12-14)17-9-8-16(20)18-10-3-2-4-11-18/h5-7,12,17H,2-4,8-11H2,1H3. The lowest BCUT2D eigenvalue weighted by Crippen LogP contribution is -2.36. The lowest BCUT2D eigenvalue weighted by molar-refractivity contribution is -0.131. The molecule has 0 aliphatic carbocycles. The van der Waals surface area contributed by atoms with Gasteiger partial charge in [-0.05, 0) is 38.3 Å². The minimum absolute atomic E-state index is 0.0537. The minimum Gasteiger partial charge on any atom is -0.385 e. The number of nitrogens with zero attached hydrogens (tertiary/aromatic N) is 1. The maximum absolute atomic E-state index is 12.0. The highest BCUT2D eigenvalue weighted by atomic mass is 16.2. The van der Waals surface area contributed by atoms with Crippen molar-refractivity contribution in [3.8, 4) is 0 Å². The lowest BCUT2D eigenvalue weighted by atomic mass is 10.1. The van der Waals surface area contributed by atoms with Gasteiger partial charge in [-0.15, -0.1) is 0 Å². The third-order valence-electron chi connectivity index (χ3n) is 3.65. The Balaban J connectivity index is 1.79. The van der Waals surface area contributed by atoms with Crippen molar-refractivity contribution >= 4 is 17.4 Å². The van der Waals surface area contributed by atoms with Crippen molar-refractivity contribution < 1.29 is 9.59 Å². The molecule has 4 heteroatoms. The molecule has 0 radical (unpaired) electrons. The van der Waals surface area contributed by atoms with E-state index < -0.39 is 0 Å². The zero-order valence-corrected chi connectivity index (χ0v) is 12.0. The fraction of sp³-hybridized carbons (Fsp3) is 0.500. The maximum Gasteiger partial charge on any atom is 0.224 e. The van der Waals surface area contributed by atoms with Gasteiger partial charge in [-0.25, -0.2) is 0 Å². The summed E-state index contributed by atoms with van der Waals surface area (Å²) in [6.07, 6.45) is 3.99. The quantitative estimate of drug-likeness (QED) is 0.840. The van der Waals surface area contributed by atoms with Gasteiger partial charge in [0.05, 0.1) is 0 Å². The number of carbonyl (C=O) groups excluding carboxylic acids is 2. The monoisotopic (exact) mass is 274 g/mol. The summed E-state index contributed by atoms with van der Waals surface area (Å²) < 4.78 is 0. The number of piperidine rings is 1. The highest BCUT2D eigenvalue weighted by Gasteiger charge is 2.15. The predicted molar refractivity (Wildman–Crippen MR) is 80.0 cm³/mol. The van der Waals surface area contributed by atoms with Crippen LogP contribution in [0.25, 0.3) is 0 Å². The Labute approximate surface area is 120 Å². The highest BCUT2D eigenvalue weighted by molar-refractivity contribution is 5.94. The van der Waals surface area contributed by atoms with Crippen LogP contribution in [-0.2, 0) is 4.79 Å². The Kier molecular flexibility index (Phi) is 5.16. The van der Waals surface area contributed by atoms with Crippen LogP contribution in [0.2, 0.25) is 0 Å². The molecule has 1 aliphatic heterocycles. The van der Waals surface area contributed by atoms with E-state index in [-0.39, 0.29) is 11.7 Å². The van der Waals surface area contributed by atoms with Crippen LogP contribution >= 0.6 is 0 Å². The Morgan fingerprint density at radius 2 is 1.95 bits per heavy atom. The molecule has 0 spiro atoms. The van der Waals surface area contributed by atoms with E-state index >= 15 is 0 Å². The number of ketones is 1. The molecule has 1 aromatic carbocycles. The zero-order chi connectivity index (χ0) is 14.4. The molecule has 1 N–H and O–H groups in total. The molecule has 1 fully saturated rings. The number of nitrogens with one attached hydrogen (secondary N) is 1. The minimum atomic E-state index is 0.0537. The van der Waals surface area contributed by atoms with Crippen LogP contribution in [0.4, 0.5) is 5.69 Å². The molecule has 1 aromatic rings. The first-order valence-electron chi connectivity index (χ1n) is 7.29. The summed E-state index contributed by atoms with van der Waals surface area (Å²) in [6, 6.07) is 7.39. The second-order valence-corrected chi connectivity index (χ2v) is 5.26. The van der Waals surface area contributed by atoms with Gasteiger partial charge in [-0.3, -0.25) is 9.59 Å². The van der Waals surface area contributed by atoms with Crippen molar-refractivity contribution in [2.24, 2.45) is 0 Å². The topological polar surface area (TPSA) is 49.4 Å². The summed E-state index contributed by atoms with van der Waals surface area (Å²) in [7, 11) is 0. The highest BCUT2D eigenvalue weighted by Crippen LogP contribution is 2.12. The van der Waals surface area contributed by atoms with E-state index in [0.717, 1.165) is 31.6 Å². The van der Waals surface area contributed by atoms with Gasteiger partial charge in [0.15, 0.2) is 5.78 Å². The number of likely N-dealkylation sites (tertiary alicyclic amines) is 1. The molecule has 20 heavy (non-hydrogen) atoms. The predicted octanol–water partition coefficient (Wildman–Crippen LogP) is 2.70. The molecular weight excluding hydrogens is 252 g/mol. The van der Waals surface area contributed by atoms with Gasteiger partial charge in [0.1, 0.15) is 0 Å². The first kappa shape index (κ1) is 14.6. The average Bonchev–Trinajstić information content (AvgIpc) is 2.48. The normalized spacial score (nSPS) is 14.9. The van der Waals surface area contributed by atoms with Crippen molar-refractivity contribution in [2.75, 3.05) is 25.0 Å². The second kappa shape index (κ2) is 7.08. The van der Waals surface area contributed by atoms with E-state index in [2.05, 4.69) is 5.32 Å². The Bertz CT molecular complexity index is 479. The van der Waals surface area contributed by atoms with Crippen LogP contribution in [-0.4, -0.2) is 36.2 Å². The molecule has 1 aliphatic rings. The molecular formula is C16H22N2O2. The van der Waals surface area contributed by atoms with E-state index in [4.69, 9.17) is 0 Å². The van der Waals surface area contributed by atoms with E-state index in [1.807, 2.05) is 23.1 Å². The van der Waals surface area contributed by atoms with E-state index in [1.165, 1.54) is 6.42 Å². The van der Waals surface area contributed by atoms with E-state index in [0.29, 0.717) is 18.5 Å². The van der Waals surface area contributed by atoms with Gasteiger partial charge in [-0.2, -0.15) is 0 Å². The molecule has 4 nitrogen and oxygen atoms in total. The van der Waals surface area contributed by atoms with Crippen LogP contribution in [0, 0.1) is 0 Å². The van der Waals surface area contributed by atoms with Crippen LogP contribution in [0.1, 0.15) is 43.0 Å². The fourth-order valence-electron chi connectivity index (χ4n) is 2.46. The Hall–Kier alpha value is -1.84. The summed E-state index contributed by atoms with van der Waals surface area (Å²) in [5.41, 5.74) is 1.58. The Morgan fingerprint density at radius 3 is 2.65 bits per heavy atom. The maximum atomic E-state index is 12.0. The van der Waals surface area contributed by atoms with Crippen molar-refractivity contribution in [3.05, 3.63) is 29.8 Å². The molecule has 1 amide bonds. The number of carbonyl (C=O) groups is 2.